The van der Waals surface area contributed by atoms with E-state index in [1.807, 2.05) is 6.07 Å². The smallest absolute Gasteiger partial charge is 0.339 e. The first-order valence-electron chi connectivity index (χ1n) is 9.51. The van der Waals surface area contributed by atoms with Gasteiger partial charge in [-0.1, -0.05) is 30.3 Å². The van der Waals surface area contributed by atoms with Crippen LogP contribution in [0.2, 0.25) is 0 Å². The summed E-state index contributed by atoms with van der Waals surface area (Å²) in [6.07, 6.45) is 0. The molecule has 0 radical (unpaired) electrons. The number of nitrogens with one attached hydrogen (secondary N) is 3. The average Bonchev–Trinajstić information content (AvgIpc) is 2.98. The standard InChI is InChI=1S/C21H27N3O3/c1-15-19(21(26)27-3)16(2)22-20(15)18(25)14-24-11-9-23(10-12-24)13-17-7-5-4-6-8-17/h4-8,22H,9-14H2,1-3H3/p+2. The molecule has 6 nitrogen and oxygen atoms in total. The van der Waals surface area contributed by atoms with E-state index < -0.39 is 5.97 Å². The number of hydrogen-bond donors (Lipinski definition) is 3. The molecule has 6 heteroatoms. The van der Waals surface area contributed by atoms with Crippen LogP contribution in [0.5, 0.6) is 0 Å². The Morgan fingerprint density at radius 1 is 1.04 bits per heavy atom. The van der Waals surface area contributed by atoms with Gasteiger partial charge in [0, 0.05) is 11.3 Å². The van der Waals surface area contributed by atoms with Crippen molar-refractivity contribution in [3.63, 3.8) is 0 Å². The number of carbonyl (C=O) groups is 2. The van der Waals surface area contributed by atoms with Gasteiger partial charge in [0.1, 0.15) is 39.3 Å². The van der Waals surface area contributed by atoms with Gasteiger partial charge < -0.3 is 19.5 Å². The molecule has 1 aromatic carbocycles. The van der Waals surface area contributed by atoms with Gasteiger partial charge in [-0.05, 0) is 19.4 Å². The van der Waals surface area contributed by atoms with Gasteiger partial charge in [-0.25, -0.2) is 4.79 Å². The molecule has 2 aromatic rings. The first-order valence-corrected chi connectivity index (χ1v) is 9.51. The number of esters is 1. The number of aryl methyl sites for hydroxylation is 1. The zero-order valence-electron chi connectivity index (χ0n) is 16.4. The lowest BCUT2D eigenvalue weighted by molar-refractivity contribution is -1.01. The fraction of sp³-hybridized carbons (Fsp3) is 0.429. The number of rotatable bonds is 6. The molecule has 0 bridgehead atoms. The fourth-order valence-corrected chi connectivity index (χ4v) is 3.95. The van der Waals surface area contributed by atoms with E-state index >= 15 is 0 Å². The van der Waals surface area contributed by atoms with Crippen LogP contribution in [-0.4, -0.2) is 56.6 Å². The number of benzene rings is 1. The Kier molecular flexibility index (Phi) is 6.08. The van der Waals surface area contributed by atoms with Gasteiger partial charge in [0.05, 0.1) is 18.4 Å². The van der Waals surface area contributed by atoms with Gasteiger partial charge >= 0.3 is 5.97 Å². The van der Waals surface area contributed by atoms with Crippen molar-refractivity contribution in [3.8, 4) is 0 Å². The highest BCUT2D eigenvalue weighted by molar-refractivity contribution is 6.01. The Morgan fingerprint density at radius 2 is 1.67 bits per heavy atom. The number of quaternary nitrogens is 2. The number of hydrogen-bond acceptors (Lipinski definition) is 3. The molecule has 27 heavy (non-hydrogen) atoms. The molecule has 3 rings (SSSR count). The topological polar surface area (TPSA) is 68.0 Å². The third-order valence-corrected chi connectivity index (χ3v) is 5.48. The summed E-state index contributed by atoms with van der Waals surface area (Å²) in [7, 11) is 1.36. The summed E-state index contributed by atoms with van der Waals surface area (Å²) < 4.78 is 4.82. The molecule has 144 valence electrons. The average molecular weight is 371 g/mol. The highest BCUT2D eigenvalue weighted by atomic mass is 16.5. The molecule has 0 spiro atoms. The van der Waals surface area contributed by atoms with Crippen LogP contribution in [0.15, 0.2) is 30.3 Å². The van der Waals surface area contributed by atoms with Crippen molar-refractivity contribution >= 4 is 11.8 Å². The lowest BCUT2D eigenvalue weighted by Crippen LogP contribution is -3.27. The minimum Gasteiger partial charge on any atom is -0.465 e. The van der Waals surface area contributed by atoms with Crippen LogP contribution < -0.4 is 9.80 Å². The second kappa shape index (κ2) is 8.50. The summed E-state index contributed by atoms with van der Waals surface area (Å²) in [4.78, 5) is 30.6. The number of H-pyrrole nitrogens is 1. The van der Waals surface area contributed by atoms with Crippen LogP contribution >= 0.6 is 0 Å². The van der Waals surface area contributed by atoms with Crippen molar-refractivity contribution in [2.45, 2.75) is 20.4 Å². The fourth-order valence-electron chi connectivity index (χ4n) is 3.95. The highest BCUT2D eigenvalue weighted by Crippen LogP contribution is 2.18. The SMILES string of the molecule is COC(=O)c1c(C)[nH]c(C(=O)C[NH+]2CC[NH+](Cc3ccccc3)CC2)c1C. The van der Waals surface area contributed by atoms with E-state index in [4.69, 9.17) is 4.74 Å². The molecule has 1 fully saturated rings. The van der Waals surface area contributed by atoms with Gasteiger partial charge in [0.2, 0.25) is 5.78 Å². The van der Waals surface area contributed by atoms with E-state index in [0.29, 0.717) is 29.1 Å². The van der Waals surface area contributed by atoms with Crippen LogP contribution in [0.3, 0.4) is 0 Å². The number of aromatic amines is 1. The first-order chi connectivity index (χ1) is 13.0. The molecular weight excluding hydrogens is 342 g/mol. The minimum absolute atomic E-state index is 0.0623. The van der Waals surface area contributed by atoms with Crippen LogP contribution in [0.25, 0.3) is 0 Å². The van der Waals surface area contributed by atoms with Gasteiger partial charge in [0.25, 0.3) is 0 Å². The number of carbonyl (C=O) groups excluding carboxylic acids is 2. The molecule has 1 aromatic heterocycles. The molecule has 0 aliphatic carbocycles. The third kappa shape index (κ3) is 4.46. The monoisotopic (exact) mass is 371 g/mol. The predicted octanol–water partition coefficient (Wildman–Crippen LogP) is -0.416. The maximum atomic E-state index is 12.8. The molecular formula is C21H29N3O3+2. The molecule has 2 heterocycles. The Hall–Kier alpha value is -2.44. The highest BCUT2D eigenvalue weighted by Gasteiger charge is 2.28. The second-order valence-electron chi connectivity index (χ2n) is 7.38. The summed E-state index contributed by atoms with van der Waals surface area (Å²) in [5.41, 5.74) is 3.76. The third-order valence-electron chi connectivity index (χ3n) is 5.48. The molecule has 1 saturated heterocycles. The van der Waals surface area contributed by atoms with Gasteiger partial charge in [-0.2, -0.15) is 0 Å². The Morgan fingerprint density at radius 3 is 2.30 bits per heavy atom. The normalized spacial score (nSPS) is 19.7. The van der Waals surface area contributed by atoms with E-state index in [1.54, 1.807) is 18.7 Å². The lowest BCUT2D eigenvalue weighted by Gasteiger charge is -2.29. The maximum Gasteiger partial charge on any atom is 0.339 e. The van der Waals surface area contributed by atoms with Crippen LogP contribution in [0.1, 0.15) is 37.7 Å². The maximum absolute atomic E-state index is 12.8. The Bertz CT molecular complexity index is 806. The van der Waals surface area contributed by atoms with Crippen LogP contribution in [-0.2, 0) is 11.3 Å². The summed E-state index contributed by atoms with van der Waals surface area (Å²) in [6.45, 7) is 9.20. The first kappa shape index (κ1) is 19.3. The number of ether oxygens (including phenoxy) is 1. The van der Waals surface area contributed by atoms with Crippen LogP contribution in [0.4, 0.5) is 0 Å². The number of ketones is 1. The van der Waals surface area contributed by atoms with Crippen molar-refractivity contribution in [1.29, 1.82) is 0 Å². The lowest BCUT2D eigenvalue weighted by atomic mass is 10.1. The Labute approximate surface area is 160 Å². The molecule has 0 atom stereocenters. The summed E-state index contributed by atoms with van der Waals surface area (Å²) >= 11 is 0. The van der Waals surface area contributed by atoms with Gasteiger partial charge in [-0.3, -0.25) is 4.79 Å². The predicted molar refractivity (Wildman–Crippen MR) is 102 cm³/mol. The summed E-state index contributed by atoms with van der Waals surface area (Å²) in [5.74, 6) is -0.335. The Balaban J connectivity index is 1.56. The van der Waals surface area contributed by atoms with E-state index in [0.717, 1.165) is 32.7 Å². The van der Waals surface area contributed by atoms with Crippen molar-refractivity contribution in [3.05, 3.63) is 58.4 Å². The van der Waals surface area contributed by atoms with Crippen molar-refractivity contribution in [2.24, 2.45) is 0 Å². The molecule has 0 unspecified atom stereocenters. The van der Waals surface area contributed by atoms with E-state index in [9.17, 15) is 9.59 Å². The van der Waals surface area contributed by atoms with Crippen molar-refractivity contribution in [2.75, 3.05) is 39.8 Å². The zero-order valence-corrected chi connectivity index (χ0v) is 16.4. The zero-order chi connectivity index (χ0) is 19.4. The molecule has 1 aliphatic heterocycles. The van der Waals surface area contributed by atoms with Crippen molar-refractivity contribution in [1.82, 2.24) is 4.98 Å². The number of aromatic nitrogens is 1. The number of methoxy groups -OCH3 is 1. The summed E-state index contributed by atoms with van der Waals surface area (Å²) in [5, 5.41) is 0. The number of piperazine rings is 1. The van der Waals surface area contributed by atoms with Crippen LogP contribution in [0, 0.1) is 13.8 Å². The summed E-state index contributed by atoms with van der Waals surface area (Å²) in [6, 6.07) is 10.6. The van der Waals surface area contributed by atoms with E-state index in [-0.39, 0.29) is 5.78 Å². The quantitative estimate of drug-likeness (QED) is 0.478. The molecule has 0 saturated carbocycles. The van der Waals surface area contributed by atoms with E-state index in [2.05, 4.69) is 29.2 Å². The van der Waals surface area contributed by atoms with Gasteiger partial charge in [0.15, 0.2) is 0 Å². The largest absolute Gasteiger partial charge is 0.465 e. The van der Waals surface area contributed by atoms with Crippen molar-refractivity contribution < 1.29 is 24.1 Å². The second-order valence-corrected chi connectivity index (χ2v) is 7.38. The van der Waals surface area contributed by atoms with E-state index in [1.165, 1.54) is 17.6 Å². The number of Topliss-reactive ketones (excluding diaryl/α,β-unsaturated/α-hetero) is 1. The molecule has 0 amide bonds. The molecule has 1 aliphatic rings. The minimum atomic E-state index is -0.397. The van der Waals surface area contributed by atoms with Gasteiger partial charge in [-0.15, -0.1) is 0 Å². The molecule has 3 N–H and O–H groups in total.